The largest absolute Gasteiger partial charge is 0.454 e. The molecule has 0 bridgehead atoms. The summed E-state index contributed by atoms with van der Waals surface area (Å²) in [6.45, 7) is 0.851. The smallest absolute Gasteiger partial charge is 0.254 e. The first-order valence-electron chi connectivity index (χ1n) is 11.5. The monoisotopic (exact) mass is 455 g/mol. The number of hydrogen-bond acceptors (Lipinski definition) is 6. The number of likely N-dealkylation sites (tertiary alicyclic amines) is 1. The second-order valence-electron chi connectivity index (χ2n) is 8.90. The van der Waals surface area contributed by atoms with Gasteiger partial charge in [-0.15, -0.1) is 0 Å². The zero-order valence-electron chi connectivity index (χ0n) is 19.2. The minimum absolute atomic E-state index is 0.0512. The van der Waals surface area contributed by atoms with Crippen LogP contribution in [0.15, 0.2) is 65.1 Å². The maximum atomic E-state index is 13.3. The quantitative estimate of drug-likeness (QED) is 0.418. The van der Waals surface area contributed by atoms with Crippen molar-refractivity contribution in [3.63, 3.8) is 0 Å². The van der Waals surface area contributed by atoms with Crippen LogP contribution in [0.5, 0.6) is 11.5 Å². The molecule has 0 spiro atoms. The van der Waals surface area contributed by atoms with Crippen LogP contribution in [-0.4, -0.2) is 43.2 Å². The maximum Gasteiger partial charge on any atom is 0.254 e. The number of rotatable bonds is 4. The van der Waals surface area contributed by atoms with E-state index in [1.54, 1.807) is 18.2 Å². The number of carbonyl (C=O) groups excluding carboxylic acids is 1. The molecule has 7 heteroatoms. The van der Waals surface area contributed by atoms with Crippen LogP contribution in [-0.2, 0) is 0 Å². The Morgan fingerprint density at radius 2 is 1.76 bits per heavy atom. The number of carbonyl (C=O) groups is 1. The van der Waals surface area contributed by atoms with Crippen molar-refractivity contribution >= 4 is 22.7 Å². The number of hydrogen-bond donors (Lipinski definition) is 0. The molecule has 34 heavy (non-hydrogen) atoms. The third kappa shape index (κ3) is 3.53. The van der Waals surface area contributed by atoms with E-state index in [1.807, 2.05) is 37.2 Å². The lowest BCUT2D eigenvalue weighted by molar-refractivity contribution is 0.0716. The molecule has 2 aliphatic heterocycles. The highest BCUT2D eigenvalue weighted by Crippen LogP contribution is 2.37. The highest BCUT2D eigenvalue weighted by molar-refractivity contribution is 5.95. The van der Waals surface area contributed by atoms with Gasteiger partial charge >= 0.3 is 0 Å². The van der Waals surface area contributed by atoms with Crippen LogP contribution in [0.2, 0.25) is 0 Å². The van der Waals surface area contributed by atoms with Crippen molar-refractivity contribution in [2.45, 2.75) is 18.9 Å². The van der Waals surface area contributed by atoms with E-state index >= 15 is 0 Å². The lowest BCUT2D eigenvalue weighted by atomic mass is 10.0. The SMILES string of the molecule is CN(C)c1ccc(-c2ccc3oc([C@H]4CCCN4C(=O)c4ccc5c(c4)OCO5)nc3c2)cc1. The lowest BCUT2D eigenvalue weighted by Gasteiger charge is -2.22. The fourth-order valence-electron chi connectivity index (χ4n) is 4.68. The Labute approximate surface area is 197 Å². The van der Waals surface area contributed by atoms with Gasteiger partial charge in [0.15, 0.2) is 17.1 Å². The zero-order chi connectivity index (χ0) is 23.2. The fraction of sp³-hybridized carbons (Fsp3) is 0.259. The average molecular weight is 456 g/mol. The summed E-state index contributed by atoms with van der Waals surface area (Å²) in [5.41, 5.74) is 5.46. The molecular weight excluding hydrogens is 430 g/mol. The van der Waals surface area contributed by atoms with Crippen LogP contribution in [0.25, 0.3) is 22.2 Å². The summed E-state index contributed by atoms with van der Waals surface area (Å²) in [5, 5.41) is 0. The summed E-state index contributed by atoms with van der Waals surface area (Å²) >= 11 is 0. The summed E-state index contributed by atoms with van der Waals surface area (Å²) in [6.07, 6.45) is 1.73. The van der Waals surface area contributed by atoms with Gasteiger partial charge in [-0.25, -0.2) is 4.98 Å². The molecule has 0 saturated carbocycles. The van der Waals surface area contributed by atoms with Crippen LogP contribution in [0.3, 0.4) is 0 Å². The first kappa shape index (κ1) is 20.6. The molecule has 1 fully saturated rings. The van der Waals surface area contributed by atoms with Crippen molar-refractivity contribution < 1.29 is 18.7 Å². The van der Waals surface area contributed by atoms with Crippen molar-refractivity contribution in [1.29, 1.82) is 0 Å². The molecule has 0 aliphatic carbocycles. The van der Waals surface area contributed by atoms with Crippen molar-refractivity contribution in [1.82, 2.24) is 9.88 Å². The van der Waals surface area contributed by atoms with Gasteiger partial charge in [-0.1, -0.05) is 18.2 Å². The summed E-state index contributed by atoms with van der Waals surface area (Å²) in [7, 11) is 4.06. The molecule has 1 atom stereocenters. The average Bonchev–Trinajstić information content (AvgIpc) is 3.61. The molecular formula is C27H25N3O4. The number of amides is 1. The van der Waals surface area contributed by atoms with Crippen LogP contribution < -0.4 is 14.4 Å². The minimum Gasteiger partial charge on any atom is -0.454 e. The van der Waals surface area contributed by atoms with Crippen LogP contribution in [0.1, 0.15) is 35.1 Å². The molecule has 0 radical (unpaired) electrons. The highest BCUT2D eigenvalue weighted by Gasteiger charge is 2.34. The molecule has 3 heterocycles. The molecule has 0 N–H and O–H groups in total. The fourth-order valence-corrected chi connectivity index (χ4v) is 4.68. The molecule has 6 rings (SSSR count). The molecule has 4 aromatic rings. The van der Waals surface area contributed by atoms with Gasteiger partial charge in [0, 0.05) is 31.9 Å². The van der Waals surface area contributed by atoms with Crippen molar-refractivity contribution in [3.8, 4) is 22.6 Å². The normalized spacial score (nSPS) is 16.9. The maximum absolute atomic E-state index is 13.3. The Morgan fingerprint density at radius 1 is 0.971 bits per heavy atom. The third-order valence-corrected chi connectivity index (χ3v) is 6.54. The van der Waals surface area contributed by atoms with Gasteiger partial charge in [0.1, 0.15) is 11.6 Å². The van der Waals surface area contributed by atoms with Gasteiger partial charge in [-0.3, -0.25) is 4.79 Å². The van der Waals surface area contributed by atoms with Gasteiger partial charge in [0.2, 0.25) is 12.7 Å². The molecule has 172 valence electrons. The number of oxazole rings is 1. The Balaban J connectivity index is 1.27. The van der Waals surface area contributed by atoms with Crippen molar-refractivity contribution in [3.05, 3.63) is 72.1 Å². The second kappa shape index (κ2) is 8.09. The summed E-state index contributed by atoms with van der Waals surface area (Å²) < 4.78 is 16.9. The number of aromatic nitrogens is 1. The number of ether oxygens (including phenoxy) is 2. The van der Waals surface area contributed by atoms with Crippen molar-refractivity contribution in [2.75, 3.05) is 32.3 Å². The van der Waals surface area contributed by atoms with Crippen LogP contribution >= 0.6 is 0 Å². The topological polar surface area (TPSA) is 68.0 Å². The van der Waals surface area contributed by atoms with Crippen molar-refractivity contribution in [2.24, 2.45) is 0 Å². The highest BCUT2D eigenvalue weighted by atomic mass is 16.7. The Morgan fingerprint density at radius 3 is 2.59 bits per heavy atom. The lowest BCUT2D eigenvalue weighted by Crippen LogP contribution is -2.30. The molecule has 1 saturated heterocycles. The molecule has 2 aliphatic rings. The zero-order valence-corrected chi connectivity index (χ0v) is 19.2. The summed E-state index contributed by atoms with van der Waals surface area (Å²) in [5.74, 6) is 1.81. The van der Waals surface area contributed by atoms with E-state index in [1.165, 1.54) is 0 Å². The molecule has 7 nitrogen and oxygen atoms in total. The van der Waals surface area contributed by atoms with Gasteiger partial charge in [0.05, 0.1) is 0 Å². The third-order valence-electron chi connectivity index (χ3n) is 6.54. The van der Waals surface area contributed by atoms with Crippen LogP contribution in [0.4, 0.5) is 5.69 Å². The Hall–Kier alpha value is -4.00. The van der Waals surface area contributed by atoms with Gasteiger partial charge < -0.3 is 23.7 Å². The Kier molecular flexibility index (Phi) is 4.90. The summed E-state index contributed by atoms with van der Waals surface area (Å²) in [4.78, 5) is 22.0. The van der Waals surface area contributed by atoms with Gasteiger partial charge in [0.25, 0.3) is 5.91 Å². The molecule has 1 aromatic heterocycles. The number of nitrogens with zero attached hydrogens (tertiary/aromatic N) is 3. The van der Waals surface area contributed by atoms with Gasteiger partial charge in [-0.05, 0) is 66.4 Å². The van der Waals surface area contributed by atoms with Crippen LogP contribution in [0, 0.1) is 0 Å². The molecule has 3 aromatic carbocycles. The molecule has 0 unspecified atom stereocenters. The molecule has 1 amide bonds. The number of fused-ring (bicyclic) bond motifs is 2. The predicted octanol–water partition coefficient (Wildman–Crippen LogP) is 5.27. The van der Waals surface area contributed by atoms with Gasteiger partial charge in [-0.2, -0.15) is 0 Å². The van der Waals surface area contributed by atoms with E-state index in [2.05, 4.69) is 29.2 Å². The first-order valence-corrected chi connectivity index (χ1v) is 11.5. The Bertz CT molecular complexity index is 1380. The van der Waals surface area contributed by atoms with E-state index in [9.17, 15) is 4.79 Å². The first-order chi connectivity index (χ1) is 16.6. The van der Waals surface area contributed by atoms with E-state index < -0.39 is 0 Å². The standard InChI is InChI=1S/C27H25N3O4/c1-29(2)20-9-5-17(6-10-20)18-7-11-23-21(14-18)28-26(34-23)22-4-3-13-30(22)27(31)19-8-12-24-25(15-19)33-16-32-24/h5-12,14-15,22H,3-4,13,16H2,1-2H3/t22-/m1/s1. The number of benzene rings is 3. The van der Waals surface area contributed by atoms with E-state index in [0.717, 1.165) is 40.8 Å². The van der Waals surface area contributed by atoms with E-state index in [0.29, 0.717) is 29.5 Å². The summed E-state index contributed by atoms with van der Waals surface area (Å²) in [6, 6.07) is 19.6. The number of anilines is 1. The second-order valence-corrected chi connectivity index (χ2v) is 8.90. The predicted molar refractivity (Wildman–Crippen MR) is 129 cm³/mol. The van der Waals surface area contributed by atoms with E-state index in [-0.39, 0.29) is 18.7 Å². The van der Waals surface area contributed by atoms with E-state index in [4.69, 9.17) is 18.9 Å². The minimum atomic E-state index is -0.187.